The molecule has 26 heavy (non-hydrogen) atoms. The lowest BCUT2D eigenvalue weighted by atomic mass is 9.95. The van der Waals surface area contributed by atoms with Crippen LogP contribution in [0.1, 0.15) is 41.5 Å². The standard InChI is InChI=1S/C18H20F3N3OS/c19-18(20,21)14(12-4-2-1-3-5-12)10-16(25)24-17-23-11-15(26-17)13-6-8-22-9-7-13/h1-5,11,13-14,22H,6-10H2,(H,23,24,25). The second kappa shape index (κ2) is 8.18. The molecule has 0 bridgehead atoms. The molecule has 0 radical (unpaired) electrons. The maximum atomic E-state index is 13.4. The van der Waals surface area contributed by atoms with Gasteiger partial charge in [0.15, 0.2) is 5.13 Å². The minimum Gasteiger partial charge on any atom is -0.317 e. The molecule has 3 rings (SSSR count). The number of hydrogen-bond acceptors (Lipinski definition) is 4. The zero-order valence-electron chi connectivity index (χ0n) is 14.1. The number of nitrogens with zero attached hydrogens (tertiary/aromatic N) is 1. The van der Waals surface area contributed by atoms with Crippen molar-refractivity contribution in [1.29, 1.82) is 0 Å². The number of thiazole rings is 1. The summed E-state index contributed by atoms with van der Waals surface area (Å²) in [5.41, 5.74) is 0.0877. The summed E-state index contributed by atoms with van der Waals surface area (Å²) in [7, 11) is 0. The van der Waals surface area contributed by atoms with Gasteiger partial charge < -0.3 is 10.6 Å². The number of nitrogens with one attached hydrogen (secondary N) is 2. The second-order valence-corrected chi connectivity index (χ2v) is 7.41. The van der Waals surface area contributed by atoms with E-state index < -0.39 is 24.4 Å². The van der Waals surface area contributed by atoms with Crippen molar-refractivity contribution in [3.63, 3.8) is 0 Å². The van der Waals surface area contributed by atoms with Crippen molar-refractivity contribution in [3.05, 3.63) is 47.0 Å². The van der Waals surface area contributed by atoms with Gasteiger partial charge in [0.25, 0.3) is 0 Å². The summed E-state index contributed by atoms with van der Waals surface area (Å²) in [5.74, 6) is -2.11. The highest BCUT2D eigenvalue weighted by molar-refractivity contribution is 7.15. The smallest absolute Gasteiger partial charge is 0.317 e. The van der Waals surface area contributed by atoms with Crippen LogP contribution in [0.2, 0.25) is 0 Å². The van der Waals surface area contributed by atoms with Crippen LogP contribution in [-0.4, -0.2) is 30.2 Å². The lowest BCUT2D eigenvalue weighted by Gasteiger charge is -2.20. The number of amides is 1. The average Bonchev–Trinajstić information content (AvgIpc) is 3.09. The topological polar surface area (TPSA) is 54.0 Å². The van der Waals surface area contributed by atoms with Crippen molar-refractivity contribution < 1.29 is 18.0 Å². The molecular weight excluding hydrogens is 363 g/mol. The Morgan fingerprint density at radius 2 is 1.96 bits per heavy atom. The third-order valence-corrected chi connectivity index (χ3v) is 5.57. The van der Waals surface area contributed by atoms with E-state index in [0.29, 0.717) is 11.0 Å². The van der Waals surface area contributed by atoms with E-state index in [1.165, 1.54) is 35.6 Å². The summed E-state index contributed by atoms with van der Waals surface area (Å²) in [6, 6.07) is 7.51. The fourth-order valence-electron chi connectivity index (χ4n) is 3.10. The van der Waals surface area contributed by atoms with Gasteiger partial charge in [0, 0.05) is 17.5 Å². The quantitative estimate of drug-likeness (QED) is 0.810. The molecule has 1 aromatic carbocycles. The van der Waals surface area contributed by atoms with Gasteiger partial charge in [-0.15, -0.1) is 11.3 Å². The second-order valence-electron chi connectivity index (χ2n) is 6.35. The predicted molar refractivity (Wildman–Crippen MR) is 95.4 cm³/mol. The van der Waals surface area contributed by atoms with Gasteiger partial charge in [0.2, 0.25) is 5.91 Å². The molecule has 1 saturated heterocycles. The lowest BCUT2D eigenvalue weighted by Crippen LogP contribution is -2.26. The first-order chi connectivity index (χ1) is 12.4. The zero-order chi connectivity index (χ0) is 18.6. The van der Waals surface area contributed by atoms with E-state index in [0.717, 1.165) is 30.8 Å². The molecular formula is C18H20F3N3OS. The SMILES string of the molecule is O=C(CC(c1ccccc1)C(F)(F)F)Nc1ncc(C2CCNCC2)s1. The molecule has 2 heterocycles. The number of hydrogen-bond donors (Lipinski definition) is 2. The summed E-state index contributed by atoms with van der Waals surface area (Å²) < 4.78 is 40.1. The number of halogens is 3. The lowest BCUT2D eigenvalue weighted by molar-refractivity contribution is -0.155. The molecule has 1 amide bonds. The monoisotopic (exact) mass is 383 g/mol. The molecule has 1 unspecified atom stereocenters. The van der Waals surface area contributed by atoms with Crippen molar-refractivity contribution in [2.45, 2.75) is 37.3 Å². The van der Waals surface area contributed by atoms with E-state index in [1.54, 1.807) is 12.3 Å². The van der Waals surface area contributed by atoms with E-state index >= 15 is 0 Å². The number of rotatable bonds is 5. The Kier molecular flexibility index (Phi) is 5.93. The molecule has 1 aromatic heterocycles. The Hall–Kier alpha value is -1.93. The molecule has 2 aromatic rings. The molecule has 0 saturated carbocycles. The fourth-order valence-corrected chi connectivity index (χ4v) is 4.10. The first kappa shape index (κ1) is 18.8. The number of carbonyl (C=O) groups is 1. The van der Waals surface area contributed by atoms with Gasteiger partial charge in [-0.25, -0.2) is 4.98 Å². The minimum absolute atomic E-state index is 0.0877. The van der Waals surface area contributed by atoms with Crippen molar-refractivity contribution in [1.82, 2.24) is 10.3 Å². The van der Waals surface area contributed by atoms with Gasteiger partial charge in [-0.3, -0.25) is 4.79 Å². The highest BCUT2D eigenvalue weighted by Crippen LogP contribution is 2.38. The van der Waals surface area contributed by atoms with Gasteiger partial charge >= 0.3 is 6.18 Å². The van der Waals surface area contributed by atoms with Crippen LogP contribution < -0.4 is 10.6 Å². The fraction of sp³-hybridized carbons (Fsp3) is 0.444. The predicted octanol–water partition coefficient (Wildman–Crippen LogP) is 4.28. The summed E-state index contributed by atoms with van der Waals surface area (Å²) in [4.78, 5) is 17.4. The van der Waals surface area contributed by atoms with Crippen LogP contribution in [0.4, 0.5) is 18.3 Å². The van der Waals surface area contributed by atoms with Crippen molar-refractivity contribution >= 4 is 22.4 Å². The molecule has 8 heteroatoms. The van der Waals surface area contributed by atoms with E-state index in [4.69, 9.17) is 0 Å². The number of carbonyl (C=O) groups excluding carboxylic acids is 1. The molecule has 140 valence electrons. The Labute approximate surface area is 153 Å². The van der Waals surface area contributed by atoms with Crippen LogP contribution in [0.5, 0.6) is 0 Å². The van der Waals surface area contributed by atoms with Gasteiger partial charge in [0.1, 0.15) is 0 Å². The molecule has 0 aliphatic carbocycles. The molecule has 4 nitrogen and oxygen atoms in total. The maximum absolute atomic E-state index is 13.4. The molecule has 1 aliphatic rings. The van der Waals surface area contributed by atoms with Crippen molar-refractivity contribution in [2.24, 2.45) is 0 Å². The summed E-state index contributed by atoms with van der Waals surface area (Å²) in [6.45, 7) is 1.88. The third kappa shape index (κ3) is 4.82. The van der Waals surface area contributed by atoms with Crippen LogP contribution in [0.25, 0.3) is 0 Å². The molecule has 2 N–H and O–H groups in total. The Balaban J connectivity index is 1.64. The highest BCUT2D eigenvalue weighted by Gasteiger charge is 2.41. The number of anilines is 1. The van der Waals surface area contributed by atoms with Crippen molar-refractivity contribution in [3.8, 4) is 0 Å². The third-order valence-electron chi connectivity index (χ3n) is 4.50. The van der Waals surface area contributed by atoms with Crippen LogP contribution in [0.15, 0.2) is 36.5 Å². The van der Waals surface area contributed by atoms with E-state index in [1.807, 2.05) is 0 Å². The number of alkyl halides is 3. The van der Waals surface area contributed by atoms with Gasteiger partial charge in [-0.2, -0.15) is 13.2 Å². The van der Waals surface area contributed by atoms with Crippen molar-refractivity contribution in [2.75, 3.05) is 18.4 Å². The summed E-state index contributed by atoms with van der Waals surface area (Å²) >= 11 is 1.35. The van der Waals surface area contributed by atoms with Gasteiger partial charge in [-0.05, 0) is 37.4 Å². The molecule has 0 spiro atoms. The van der Waals surface area contributed by atoms with Crippen LogP contribution in [0.3, 0.4) is 0 Å². The Morgan fingerprint density at radius 3 is 2.62 bits per heavy atom. The van der Waals surface area contributed by atoms with Crippen LogP contribution >= 0.6 is 11.3 Å². The zero-order valence-corrected chi connectivity index (χ0v) is 14.9. The molecule has 1 atom stereocenters. The maximum Gasteiger partial charge on any atom is 0.396 e. The summed E-state index contributed by atoms with van der Waals surface area (Å²) in [5, 5.41) is 6.17. The Bertz CT molecular complexity index is 727. The molecule has 1 fully saturated rings. The normalized spacial score (nSPS) is 17.0. The van der Waals surface area contributed by atoms with Gasteiger partial charge in [0.05, 0.1) is 5.92 Å². The first-order valence-corrected chi connectivity index (χ1v) is 9.33. The molecule has 1 aliphatic heterocycles. The van der Waals surface area contributed by atoms with E-state index in [-0.39, 0.29) is 5.56 Å². The van der Waals surface area contributed by atoms with Crippen LogP contribution in [0, 0.1) is 0 Å². The number of benzene rings is 1. The highest BCUT2D eigenvalue weighted by atomic mass is 32.1. The van der Waals surface area contributed by atoms with E-state index in [9.17, 15) is 18.0 Å². The van der Waals surface area contributed by atoms with E-state index in [2.05, 4.69) is 15.6 Å². The van der Waals surface area contributed by atoms with Gasteiger partial charge in [-0.1, -0.05) is 30.3 Å². The average molecular weight is 383 g/mol. The van der Waals surface area contributed by atoms with Crippen LogP contribution in [-0.2, 0) is 4.79 Å². The number of piperidine rings is 1. The number of aromatic nitrogens is 1. The Morgan fingerprint density at radius 1 is 1.27 bits per heavy atom. The minimum atomic E-state index is -4.48. The summed E-state index contributed by atoms with van der Waals surface area (Å²) in [6.07, 6.45) is -1.42. The first-order valence-electron chi connectivity index (χ1n) is 8.51. The largest absolute Gasteiger partial charge is 0.396 e.